The minimum atomic E-state index is -0.923. The highest BCUT2D eigenvalue weighted by Crippen LogP contribution is 1.99. The lowest BCUT2D eigenvalue weighted by atomic mass is 10.1. The van der Waals surface area contributed by atoms with Crippen molar-refractivity contribution in [2.75, 3.05) is 18.6 Å². The fourth-order valence-corrected chi connectivity index (χ4v) is 1.34. The summed E-state index contributed by atoms with van der Waals surface area (Å²) in [6.45, 7) is 1.66. The number of carboxylic acids is 1. The van der Waals surface area contributed by atoms with Crippen LogP contribution in [0.15, 0.2) is 0 Å². The van der Waals surface area contributed by atoms with Crippen LogP contribution in [-0.4, -0.2) is 41.6 Å². The minimum absolute atomic E-state index is 0.126. The Morgan fingerprint density at radius 2 is 2.13 bits per heavy atom. The summed E-state index contributed by atoms with van der Waals surface area (Å²) < 4.78 is 0. The third-order valence-electron chi connectivity index (χ3n) is 1.97. The Morgan fingerprint density at radius 3 is 2.60 bits per heavy atom. The first-order valence-electron chi connectivity index (χ1n) is 4.74. The van der Waals surface area contributed by atoms with Gasteiger partial charge in [-0.2, -0.15) is 11.8 Å². The molecule has 0 heterocycles. The molecule has 4 N–H and O–H groups in total. The van der Waals surface area contributed by atoms with Gasteiger partial charge in [-0.15, -0.1) is 0 Å². The largest absolute Gasteiger partial charge is 0.481 e. The van der Waals surface area contributed by atoms with E-state index in [1.807, 2.05) is 6.26 Å². The van der Waals surface area contributed by atoms with Gasteiger partial charge in [-0.25, -0.2) is 0 Å². The predicted molar refractivity (Wildman–Crippen MR) is 60.8 cm³/mol. The number of carbonyl (C=O) groups excluding carboxylic acids is 1. The molecule has 0 spiro atoms. The lowest BCUT2D eigenvalue weighted by Crippen LogP contribution is -2.43. The van der Waals surface area contributed by atoms with Crippen LogP contribution in [0.2, 0.25) is 0 Å². The van der Waals surface area contributed by atoms with E-state index in [9.17, 15) is 9.59 Å². The minimum Gasteiger partial charge on any atom is -0.481 e. The van der Waals surface area contributed by atoms with Gasteiger partial charge in [0.25, 0.3) is 0 Å². The molecule has 0 radical (unpaired) electrons. The Bertz CT molecular complexity index is 223. The lowest BCUT2D eigenvalue weighted by molar-refractivity contribution is -0.141. The second-order valence-corrected chi connectivity index (χ2v) is 4.36. The van der Waals surface area contributed by atoms with Crippen molar-refractivity contribution in [1.29, 1.82) is 0 Å². The van der Waals surface area contributed by atoms with Crippen molar-refractivity contribution in [2.45, 2.75) is 19.4 Å². The summed E-state index contributed by atoms with van der Waals surface area (Å²) in [5, 5.41) is 11.1. The van der Waals surface area contributed by atoms with Crippen molar-refractivity contribution in [1.82, 2.24) is 5.32 Å². The monoisotopic (exact) mass is 234 g/mol. The Labute approximate surface area is 93.8 Å². The Hall–Kier alpha value is -0.750. The van der Waals surface area contributed by atoms with Gasteiger partial charge in [-0.1, -0.05) is 6.92 Å². The molecule has 15 heavy (non-hydrogen) atoms. The predicted octanol–water partition coefficient (Wildman–Crippen LogP) is -0.0963. The van der Waals surface area contributed by atoms with Gasteiger partial charge in [0.1, 0.15) is 0 Å². The van der Waals surface area contributed by atoms with Crippen LogP contribution in [0.1, 0.15) is 13.3 Å². The highest BCUT2D eigenvalue weighted by molar-refractivity contribution is 7.98. The molecule has 6 heteroatoms. The molecule has 0 saturated carbocycles. The molecule has 5 nitrogen and oxygen atoms in total. The first-order chi connectivity index (χ1) is 6.99. The van der Waals surface area contributed by atoms with E-state index in [1.54, 1.807) is 11.8 Å². The second kappa shape index (κ2) is 7.53. The van der Waals surface area contributed by atoms with E-state index in [4.69, 9.17) is 10.8 Å². The van der Waals surface area contributed by atoms with Crippen molar-refractivity contribution >= 4 is 23.6 Å². The smallest absolute Gasteiger partial charge is 0.308 e. The number of carbonyl (C=O) groups is 2. The zero-order valence-electron chi connectivity index (χ0n) is 9.03. The summed E-state index contributed by atoms with van der Waals surface area (Å²) in [5.74, 6) is -0.963. The lowest BCUT2D eigenvalue weighted by Gasteiger charge is -2.13. The van der Waals surface area contributed by atoms with Crippen molar-refractivity contribution < 1.29 is 14.7 Å². The zero-order chi connectivity index (χ0) is 11.8. The maximum Gasteiger partial charge on any atom is 0.308 e. The van der Waals surface area contributed by atoms with E-state index in [2.05, 4.69) is 5.32 Å². The topological polar surface area (TPSA) is 92.4 Å². The molecule has 0 aromatic heterocycles. The quantitative estimate of drug-likeness (QED) is 0.572. The summed E-state index contributed by atoms with van der Waals surface area (Å²) in [6.07, 6.45) is 2.55. The fraction of sp³-hybridized carbons (Fsp3) is 0.778. The molecule has 1 amide bonds. The van der Waals surface area contributed by atoms with Crippen molar-refractivity contribution in [3.8, 4) is 0 Å². The summed E-state index contributed by atoms with van der Waals surface area (Å²) in [7, 11) is 0. The van der Waals surface area contributed by atoms with E-state index in [0.717, 1.165) is 5.75 Å². The number of aliphatic carboxylic acids is 1. The molecule has 0 aromatic rings. The number of carboxylic acid groups (broad SMARTS) is 1. The van der Waals surface area contributed by atoms with Crippen LogP contribution in [0.5, 0.6) is 0 Å². The standard InChI is InChI=1S/C9H18N2O3S/c1-6(9(13)14)5-11-8(12)7(10)3-4-15-2/h6-7H,3-5,10H2,1-2H3,(H,11,12)(H,13,14)/t6?,7-/m0/s1. The fourth-order valence-electron chi connectivity index (χ4n) is 0.848. The average Bonchev–Trinajstić information content (AvgIpc) is 2.21. The van der Waals surface area contributed by atoms with Gasteiger partial charge in [-0.05, 0) is 18.4 Å². The summed E-state index contributed by atoms with van der Waals surface area (Å²) in [4.78, 5) is 21.8. The van der Waals surface area contributed by atoms with Gasteiger partial charge in [0, 0.05) is 6.54 Å². The maximum atomic E-state index is 11.3. The van der Waals surface area contributed by atoms with Gasteiger partial charge in [0.15, 0.2) is 0 Å². The molecule has 0 saturated heterocycles. The molecule has 1 unspecified atom stereocenters. The number of hydrogen-bond donors (Lipinski definition) is 3. The number of rotatable bonds is 7. The van der Waals surface area contributed by atoms with Crippen LogP contribution < -0.4 is 11.1 Å². The molecular formula is C9H18N2O3S. The molecular weight excluding hydrogens is 216 g/mol. The first-order valence-corrected chi connectivity index (χ1v) is 6.13. The van der Waals surface area contributed by atoms with E-state index in [1.165, 1.54) is 6.92 Å². The highest BCUT2D eigenvalue weighted by atomic mass is 32.2. The highest BCUT2D eigenvalue weighted by Gasteiger charge is 2.16. The van der Waals surface area contributed by atoms with E-state index in [-0.39, 0.29) is 12.5 Å². The molecule has 0 fully saturated rings. The third kappa shape index (κ3) is 6.35. The summed E-state index contributed by atoms with van der Waals surface area (Å²) >= 11 is 1.62. The molecule has 0 rings (SSSR count). The van der Waals surface area contributed by atoms with Crippen LogP contribution >= 0.6 is 11.8 Å². The number of nitrogens with two attached hydrogens (primary N) is 1. The van der Waals surface area contributed by atoms with E-state index < -0.39 is 17.9 Å². The molecule has 0 aromatic carbocycles. The first kappa shape index (κ1) is 14.2. The maximum absolute atomic E-state index is 11.3. The molecule has 2 atom stereocenters. The average molecular weight is 234 g/mol. The number of thioether (sulfide) groups is 1. The van der Waals surface area contributed by atoms with Crippen molar-refractivity contribution in [3.05, 3.63) is 0 Å². The van der Waals surface area contributed by atoms with Crippen LogP contribution in [0.25, 0.3) is 0 Å². The van der Waals surface area contributed by atoms with Gasteiger partial charge in [0.2, 0.25) is 5.91 Å². The van der Waals surface area contributed by atoms with Gasteiger partial charge >= 0.3 is 5.97 Å². The summed E-state index contributed by atoms with van der Waals surface area (Å²) in [6, 6.07) is -0.543. The van der Waals surface area contributed by atoms with E-state index in [0.29, 0.717) is 6.42 Å². The number of amides is 1. The van der Waals surface area contributed by atoms with Crippen molar-refractivity contribution in [3.63, 3.8) is 0 Å². The molecule has 0 aliphatic carbocycles. The third-order valence-corrected chi connectivity index (χ3v) is 2.62. The Kier molecular flexibility index (Phi) is 7.15. The number of nitrogens with one attached hydrogen (secondary N) is 1. The zero-order valence-corrected chi connectivity index (χ0v) is 9.84. The Balaban J connectivity index is 3.77. The Morgan fingerprint density at radius 1 is 1.53 bits per heavy atom. The van der Waals surface area contributed by atoms with E-state index >= 15 is 0 Å². The van der Waals surface area contributed by atoms with Crippen LogP contribution in [0, 0.1) is 5.92 Å². The molecule has 0 bridgehead atoms. The molecule has 0 aliphatic heterocycles. The second-order valence-electron chi connectivity index (χ2n) is 3.37. The summed E-state index contributed by atoms with van der Waals surface area (Å²) in [5.41, 5.74) is 5.59. The van der Waals surface area contributed by atoms with Gasteiger partial charge < -0.3 is 16.2 Å². The van der Waals surface area contributed by atoms with Gasteiger partial charge in [-0.3, -0.25) is 9.59 Å². The van der Waals surface area contributed by atoms with Crippen molar-refractivity contribution in [2.24, 2.45) is 11.7 Å². The molecule has 88 valence electrons. The SMILES string of the molecule is CSCC[C@H](N)C(=O)NCC(C)C(=O)O. The molecule has 0 aliphatic rings. The van der Waals surface area contributed by atoms with Gasteiger partial charge in [0.05, 0.1) is 12.0 Å². The van der Waals surface area contributed by atoms with Crippen LogP contribution in [0.4, 0.5) is 0 Å². The van der Waals surface area contributed by atoms with Crippen LogP contribution in [0.3, 0.4) is 0 Å². The van der Waals surface area contributed by atoms with Crippen LogP contribution in [-0.2, 0) is 9.59 Å². The number of hydrogen-bond acceptors (Lipinski definition) is 4. The normalized spacial score (nSPS) is 14.3.